The summed E-state index contributed by atoms with van der Waals surface area (Å²) in [5.74, 6) is -1.65. The van der Waals surface area contributed by atoms with E-state index >= 15 is 0 Å². The van der Waals surface area contributed by atoms with Crippen molar-refractivity contribution in [1.82, 2.24) is 25.4 Å². The normalized spacial score (nSPS) is 25.7. The molecule has 1 saturated heterocycles. The third-order valence-electron chi connectivity index (χ3n) is 5.16. The number of carboxylic acids is 1. The number of carbonyl (C=O) groups is 3. The molecular weight excluding hydrogens is 558 g/mol. The Kier molecular flexibility index (Phi) is 6.89. The lowest BCUT2D eigenvalue weighted by Gasteiger charge is -2.49. The fraction of sp³-hybridized carbons (Fsp3) is 0.389. The average Bonchev–Trinajstić information content (AvgIpc) is 3.20. The first-order chi connectivity index (χ1) is 16.8. The van der Waals surface area contributed by atoms with Crippen molar-refractivity contribution in [2.24, 2.45) is 5.16 Å². The van der Waals surface area contributed by atoms with Gasteiger partial charge in [-0.3, -0.25) is 14.5 Å². The zero-order valence-electron chi connectivity index (χ0n) is 17.5. The van der Waals surface area contributed by atoms with Gasteiger partial charge in [-0.1, -0.05) is 28.3 Å². The number of hydrogen-bond acceptors (Lipinski definition) is 13. The molecule has 2 amide bonds. The van der Waals surface area contributed by atoms with Gasteiger partial charge >= 0.3 is 5.97 Å². The minimum atomic E-state index is -1.20. The number of anilines is 1. The van der Waals surface area contributed by atoms with E-state index in [0.29, 0.717) is 27.8 Å². The predicted molar refractivity (Wildman–Crippen MR) is 133 cm³/mol. The van der Waals surface area contributed by atoms with E-state index in [1.807, 2.05) is 0 Å². The van der Waals surface area contributed by atoms with Crippen molar-refractivity contribution in [3.8, 4) is 0 Å². The SMILES string of the molecule is Nc1nc(/C(=N\OC2CC2Cl)C(=O)N[C@@H]2C(=O)N3C(C(=O)O)=C(CSc4nncs4)CS[C@H]23)cs1. The summed E-state index contributed by atoms with van der Waals surface area (Å²) in [5, 5.41) is 25.1. The topological polar surface area (TPSA) is 173 Å². The molecule has 0 bridgehead atoms. The van der Waals surface area contributed by atoms with E-state index in [1.165, 1.54) is 39.8 Å². The van der Waals surface area contributed by atoms with E-state index in [-0.39, 0.29) is 33.7 Å². The second-order valence-corrected chi connectivity index (χ2v) is 12.1. The summed E-state index contributed by atoms with van der Waals surface area (Å²) in [6.45, 7) is 0. The number of fused-ring (bicyclic) bond motifs is 1. The summed E-state index contributed by atoms with van der Waals surface area (Å²) in [5.41, 5.74) is 7.90. The van der Waals surface area contributed by atoms with E-state index in [2.05, 4.69) is 25.7 Å². The van der Waals surface area contributed by atoms with Gasteiger partial charge in [0.2, 0.25) is 0 Å². The molecule has 184 valence electrons. The Labute approximate surface area is 219 Å². The highest BCUT2D eigenvalue weighted by Crippen LogP contribution is 2.41. The summed E-state index contributed by atoms with van der Waals surface area (Å²) in [4.78, 5) is 48.6. The number of amides is 2. The van der Waals surface area contributed by atoms with E-state index in [1.54, 1.807) is 10.9 Å². The zero-order valence-corrected chi connectivity index (χ0v) is 21.5. The second kappa shape index (κ2) is 9.93. The van der Waals surface area contributed by atoms with Crippen LogP contribution < -0.4 is 11.1 Å². The molecule has 12 nitrogen and oxygen atoms in total. The number of carboxylic acid groups (broad SMARTS) is 1. The number of thiazole rings is 1. The molecule has 0 spiro atoms. The van der Waals surface area contributed by atoms with E-state index in [0.717, 1.165) is 11.3 Å². The van der Waals surface area contributed by atoms with Gasteiger partial charge in [-0.25, -0.2) is 9.78 Å². The van der Waals surface area contributed by atoms with E-state index in [9.17, 15) is 19.5 Å². The Hall–Kier alpha value is -2.40. The summed E-state index contributed by atoms with van der Waals surface area (Å²) < 4.78 is 0.706. The molecule has 17 heteroatoms. The standard InChI is InChI=1S/C18H16ClN7O5S4/c19-7-1-9(7)31-25-10(8-4-33-17(20)22-8)13(27)23-11-14(28)26-12(16(29)30)6(2-32-15(11)26)3-34-18-24-21-5-35-18/h4-5,7,9,11,15H,1-3H2,(H2,20,22)(H,23,27)(H,29,30)/b25-10+/t7?,9?,11-,15-/m1/s1. The predicted octanol–water partition coefficient (Wildman–Crippen LogP) is 1.21. The van der Waals surface area contributed by atoms with Gasteiger partial charge in [0.1, 0.15) is 34.4 Å². The van der Waals surface area contributed by atoms with Crippen molar-refractivity contribution < 1.29 is 24.3 Å². The molecule has 2 aromatic rings. The maximum absolute atomic E-state index is 13.0. The summed E-state index contributed by atoms with van der Waals surface area (Å²) >= 11 is 11.2. The third-order valence-corrected chi connectivity index (χ3v) is 9.58. The minimum absolute atomic E-state index is 0.0624. The van der Waals surface area contributed by atoms with Crippen LogP contribution in [0.15, 0.2) is 31.7 Å². The first-order valence-electron chi connectivity index (χ1n) is 10.0. The number of alkyl halides is 1. The van der Waals surface area contributed by atoms with Crippen LogP contribution in [0.2, 0.25) is 0 Å². The Morgan fingerprint density at radius 3 is 2.86 bits per heavy atom. The van der Waals surface area contributed by atoms with E-state index < -0.39 is 29.2 Å². The Morgan fingerprint density at radius 2 is 2.23 bits per heavy atom. The fourth-order valence-electron chi connectivity index (χ4n) is 3.35. The molecule has 3 aliphatic rings. The monoisotopic (exact) mass is 573 g/mol. The molecule has 35 heavy (non-hydrogen) atoms. The Balaban J connectivity index is 1.30. The summed E-state index contributed by atoms with van der Waals surface area (Å²) in [6, 6.07) is -0.929. The van der Waals surface area contributed by atoms with Gasteiger partial charge in [0.15, 0.2) is 15.2 Å². The van der Waals surface area contributed by atoms with Crippen molar-refractivity contribution in [3.63, 3.8) is 0 Å². The van der Waals surface area contributed by atoms with Crippen molar-refractivity contribution in [2.75, 3.05) is 17.2 Å². The Bertz CT molecular complexity index is 1240. The fourth-order valence-corrected chi connectivity index (χ4v) is 7.10. The van der Waals surface area contributed by atoms with Gasteiger partial charge in [0, 0.05) is 23.3 Å². The number of thioether (sulfide) groups is 2. The molecule has 2 aliphatic heterocycles. The van der Waals surface area contributed by atoms with Crippen LogP contribution in [0.3, 0.4) is 0 Å². The minimum Gasteiger partial charge on any atom is -0.477 e. The van der Waals surface area contributed by atoms with Gasteiger partial charge in [-0.2, -0.15) is 0 Å². The number of nitrogens with two attached hydrogens (primary N) is 1. The van der Waals surface area contributed by atoms with Crippen LogP contribution in [0.5, 0.6) is 0 Å². The van der Waals surface area contributed by atoms with Gasteiger partial charge < -0.3 is 21.0 Å². The first-order valence-corrected chi connectivity index (χ1v) is 14.3. The molecule has 1 saturated carbocycles. The lowest BCUT2D eigenvalue weighted by Crippen LogP contribution is -2.71. The molecule has 4 N–H and O–H groups in total. The van der Waals surface area contributed by atoms with Crippen LogP contribution in [0.25, 0.3) is 0 Å². The average molecular weight is 574 g/mol. The van der Waals surface area contributed by atoms with Crippen LogP contribution in [0, 0.1) is 0 Å². The third kappa shape index (κ3) is 4.97. The largest absolute Gasteiger partial charge is 0.477 e. The smallest absolute Gasteiger partial charge is 0.352 e. The van der Waals surface area contributed by atoms with Crippen molar-refractivity contribution in [2.45, 2.75) is 33.7 Å². The molecule has 2 fully saturated rings. The number of β-lactam (4-membered cyclic amide) rings is 1. The van der Waals surface area contributed by atoms with Gasteiger partial charge in [0.25, 0.3) is 11.8 Å². The highest BCUT2D eigenvalue weighted by molar-refractivity contribution is 8.01. The maximum atomic E-state index is 13.0. The number of carbonyl (C=O) groups excluding carboxylic acids is 2. The van der Waals surface area contributed by atoms with Crippen molar-refractivity contribution in [1.29, 1.82) is 0 Å². The number of aliphatic carboxylic acids is 1. The molecule has 0 radical (unpaired) electrons. The zero-order chi connectivity index (χ0) is 24.7. The highest BCUT2D eigenvalue weighted by atomic mass is 35.5. The lowest BCUT2D eigenvalue weighted by atomic mass is 10.0. The van der Waals surface area contributed by atoms with Crippen molar-refractivity contribution >= 4 is 86.4 Å². The molecular formula is C18H16ClN7O5S4. The second-order valence-electron chi connectivity index (χ2n) is 7.52. The Morgan fingerprint density at radius 1 is 1.43 bits per heavy atom. The van der Waals surface area contributed by atoms with Crippen molar-refractivity contribution in [3.05, 3.63) is 27.9 Å². The van der Waals surface area contributed by atoms with Gasteiger partial charge in [-0.15, -0.1) is 44.9 Å². The molecule has 2 unspecified atom stereocenters. The maximum Gasteiger partial charge on any atom is 0.352 e. The number of nitrogens with zero attached hydrogens (tertiary/aromatic N) is 5. The van der Waals surface area contributed by atoms with Crippen LogP contribution in [-0.4, -0.2) is 83.1 Å². The quantitative estimate of drug-likeness (QED) is 0.129. The molecule has 1 aliphatic carbocycles. The number of nitrogen functional groups attached to an aromatic ring is 1. The van der Waals surface area contributed by atoms with Crippen LogP contribution >= 0.6 is 57.8 Å². The van der Waals surface area contributed by atoms with E-state index in [4.69, 9.17) is 22.2 Å². The number of aromatic nitrogens is 3. The highest BCUT2D eigenvalue weighted by Gasteiger charge is 2.54. The number of nitrogens with one attached hydrogen (secondary N) is 1. The molecule has 2 aromatic heterocycles. The number of halogens is 1. The van der Waals surface area contributed by atoms with Crippen LogP contribution in [0.1, 0.15) is 12.1 Å². The summed E-state index contributed by atoms with van der Waals surface area (Å²) in [7, 11) is 0. The van der Waals surface area contributed by atoms with Gasteiger partial charge in [0.05, 0.1) is 5.38 Å². The first kappa shape index (κ1) is 24.3. The number of hydrogen-bond donors (Lipinski definition) is 3. The van der Waals surface area contributed by atoms with Gasteiger partial charge in [-0.05, 0) is 5.57 Å². The molecule has 0 aromatic carbocycles. The molecule has 4 heterocycles. The number of rotatable bonds is 9. The molecule has 5 rings (SSSR count). The van der Waals surface area contributed by atoms with Crippen LogP contribution in [-0.2, 0) is 19.2 Å². The van der Waals surface area contributed by atoms with Crippen LogP contribution in [0.4, 0.5) is 5.13 Å². The number of oxime groups is 1. The molecule has 4 atom stereocenters. The summed E-state index contributed by atoms with van der Waals surface area (Å²) in [6.07, 6.45) is 0.308. The lowest BCUT2D eigenvalue weighted by molar-refractivity contribution is -0.150.